The lowest BCUT2D eigenvalue weighted by atomic mass is 10.1. The minimum Gasteiger partial charge on any atom is -0.368 e. The number of nitrogens with two attached hydrogens (primary N) is 1. The SMILES string of the molecule is CNC(CCN(C)CC1CCCN1C)C(N)=O. The van der Waals surface area contributed by atoms with Crippen LogP contribution in [0.5, 0.6) is 0 Å². The molecular weight excluding hydrogens is 216 g/mol. The minimum absolute atomic E-state index is 0.209. The van der Waals surface area contributed by atoms with E-state index in [1.165, 1.54) is 19.4 Å². The number of amides is 1. The highest BCUT2D eigenvalue weighted by atomic mass is 16.1. The Labute approximate surface area is 104 Å². The van der Waals surface area contributed by atoms with Gasteiger partial charge in [0, 0.05) is 12.6 Å². The van der Waals surface area contributed by atoms with Crippen LogP contribution in [-0.4, -0.2) is 68.6 Å². The number of carbonyl (C=O) groups is 1. The van der Waals surface area contributed by atoms with Gasteiger partial charge in [0.15, 0.2) is 0 Å². The summed E-state index contributed by atoms with van der Waals surface area (Å²) in [5.41, 5.74) is 5.29. The Bertz CT molecular complexity index is 247. The molecule has 1 saturated heterocycles. The zero-order valence-electron chi connectivity index (χ0n) is 11.3. The van der Waals surface area contributed by atoms with Gasteiger partial charge in [-0.15, -0.1) is 0 Å². The van der Waals surface area contributed by atoms with E-state index in [1.54, 1.807) is 7.05 Å². The predicted molar refractivity (Wildman–Crippen MR) is 69.8 cm³/mol. The number of likely N-dealkylation sites (tertiary alicyclic amines) is 1. The van der Waals surface area contributed by atoms with Crippen LogP contribution >= 0.6 is 0 Å². The number of carbonyl (C=O) groups excluding carboxylic acids is 1. The molecule has 1 heterocycles. The molecule has 0 aromatic carbocycles. The van der Waals surface area contributed by atoms with Gasteiger partial charge in [-0.05, 0) is 53.5 Å². The third kappa shape index (κ3) is 4.61. The van der Waals surface area contributed by atoms with Gasteiger partial charge in [0.05, 0.1) is 6.04 Å². The van der Waals surface area contributed by atoms with E-state index in [2.05, 4.69) is 29.2 Å². The average Bonchev–Trinajstić information content (AvgIpc) is 2.65. The van der Waals surface area contributed by atoms with E-state index >= 15 is 0 Å². The highest BCUT2D eigenvalue weighted by molar-refractivity contribution is 5.79. The minimum atomic E-state index is -0.265. The lowest BCUT2D eigenvalue weighted by Gasteiger charge is -2.26. The molecule has 1 aliphatic rings. The van der Waals surface area contributed by atoms with Gasteiger partial charge in [-0.1, -0.05) is 0 Å². The maximum atomic E-state index is 11.1. The molecular formula is C12H26N4O. The lowest BCUT2D eigenvalue weighted by Crippen LogP contribution is -2.43. The van der Waals surface area contributed by atoms with E-state index in [4.69, 9.17) is 5.73 Å². The largest absolute Gasteiger partial charge is 0.368 e. The van der Waals surface area contributed by atoms with Crippen molar-refractivity contribution in [1.82, 2.24) is 15.1 Å². The first-order valence-electron chi connectivity index (χ1n) is 6.40. The fraction of sp³-hybridized carbons (Fsp3) is 0.917. The smallest absolute Gasteiger partial charge is 0.234 e. The summed E-state index contributed by atoms with van der Waals surface area (Å²) in [6.07, 6.45) is 3.36. The highest BCUT2D eigenvalue weighted by Crippen LogP contribution is 2.15. The van der Waals surface area contributed by atoms with Gasteiger partial charge in [0.25, 0.3) is 0 Å². The monoisotopic (exact) mass is 242 g/mol. The van der Waals surface area contributed by atoms with E-state index in [0.29, 0.717) is 6.04 Å². The Balaban J connectivity index is 2.24. The summed E-state index contributed by atoms with van der Waals surface area (Å²) >= 11 is 0. The van der Waals surface area contributed by atoms with Crippen LogP contribution in [0.3, 0.4) is 0 Å². The molecule has 5 nitrogen and oxygen atoms in total. The van der Waals surface area contributed by atoms with Gasteiger partial charge in [-0.25, -0.2) is 0 Å². The average molecular weight is 242 g/mol. The Morgan fingerprint density at radius 1 is 1.65 bits per heavy atom. The van der Waals surface area contributed by atoms with Crippen molar-refractivity contribution >= 4 is 5.91 Å². The van der Waals surface area contributed by atoms with Crippen molar-refractivity contribution < 1.29 is 4.79 Å². The summed E-state index contributed by atoms with van der Waals surface area (Å²) in [4.78, 5) is 15.8. The summed E-state index contributed by atoms with van der Waals surface area (Å²) < 4.78 is 0. The Morgan fingerprint density at radius 3 is 2.82 bits per heavy atom. The van der Waals surface area contributed by atoms with Gasteiger partial charge in [0.1, 0.15) is 0 Å². The molecule has 1 fully saturated rings. The Hall–Kier alpha value is -0.650. The molecule has 1 aliphatic heterocycles. The molecule has 2 atom stereocenters. The van der Waals surface area contributed by atoms with Gasteiger partial charge >= 0.3 is 0 Å². The third-order valence-electron chi connectivity index (χ3n) is 3.69. The van der Waals surface area contributed by atoms with Crippen molar-refractivity contribution in [1.29, 1.82) is 0 Å². The Morgan fingerprint density at radius 2 is 2.35 bits per heavy atom. The molecule has 0 aromatic rings. The van der Waals surface area contributed by atoms with Crippen molar-refractivity contribution in [2.75, 3.05) is 40.8 Å². The molecule has 0 aliphatic carbocycles. The Kier molecular flexibility index (Phi) is 5.88. The number of hydrogen-bond acceptors (Lipinski definition) is 4. The molecule has 17 heavy (non-hydrogen) atoms. The second kappa shape index (κ2) is 6.93. The zero-order chi connectivity index (χ0) is 12.8. The van der Waals surface area contributed by atoms with Crippen LogP contribution in [0.1, 0.15) is 19.3 Å². The van der Waals surface area contributed by atoms with Gasteiger partial charge < -0.3 is 20.9 Å². The number of likely N-dealkylation sites (N-methyl/N-ethyl adjacent to an activating group) is 3. The number of nitrogens with one attached hydrogen (secondary N) is 1. The number of primary amides is 1. The van der Waals surface area contributed by atoms with Gasteiger partial charge in [-0.2, -0.15) is 0 Å². The summed E-state index contributed by atoms with van der Waals surface area (Å²) in [6.45, 7) is 3.18. The van der Waals surface area contributed by atoms with Crippen LogP contribution in [-0.2, 0) is 4.79 Å². The normalized spacial score (nSPS) is 23.2. The molecule has 0 aromatic heterocycles. The van der Waals surface area contributed by atoms with Crippen LogP contribution in [0.25, 0.3) is 0 Å². The molecule has 0 saturated carbocycles. The summed E-state index contributed by atoms with van der Waals surface area (Å²) in [5.74, 6) is -0.265. The zero-order valence-corrected chi connectivity index (χ0v) is 11.3. The lowest BCUT2D eigenvalue weighted by molar-refractivity contribution is -0.120. The van der Waals surface area contributed by atoms with Crippen molar-refractivity contribution in [3.8, 4) is 0 Å². The highest BCUT2D eigenvalue weighted by Gasteiger charge is 2.22. The van der Waals surface area contributed by atoms with Gasteiger partial charge in [-0.3, -0.25) is 4.79 Å². The molecule has 2 unspecified atom stereocenters. The molecule has 0 bridgehead atoms. The predicted octanol–water partition coefficient (Wildman–Crippen LogP) is -0.524. The van der Waals surface area contributed by atoms with E-state index in [-0.39, 0.29) is 11.9 Å². The van der Waals surface area contributed by atoms with Crippen molar-refractivity contribution in [3.05, 3.63) is 0 Å². The summed E-state index contributed by atoms with van der Waals surface area (Å²) in [5, 5.41) is 2.95. The molecule has 1 rings (SSSR count). The maximum absolute atomic E-state index is 11.1. The second-order valence-corrected chi connectivity index (χ2v) is 5.07. The first kappa shape index (κ1) is 14.4. The fourth-order valence-electron chi connectivity index (χ4n) is 2.44. The summed E-state index contributed by atoms with van der Waals surface area (Å²) in [6, 6.07) is 0.459. The first-order chi connectivity index (χ1) is 8.04. The molecule has 0 radical (unpaired) electrons. The number of hydrogen-bond donors (Lipinski definition) is 2. The van der Waals surface area contributed by atoms with Crippen molar-refractivity contribution in [2.45, 2.75) is 31.3 Å². The van der Waals surface area contributed by atoms with E-state index in [1.807, 2.05) is 0 Å². The van der Waals surface area contributed by atoms with E-state index in [9.17, 15) is 4.79 Å². The topological polar surface area (TPSA) is 61.6 Å². The molecule has 3 N–H and O–H groups in total. The van der Waals surface area contributed by atoms with Crippen molar-refractivity contribution in [2.24, 2.45) is 5.73 Å². The van der Waals surface area contributed by atoms with Crippen LogP contribution < -0.4 is 11.1 Å². The fourth-order valence-corrected chi connectivity index (χ4v) is 2.44. The number of rotatable bonds is 7. The maximum Gasteiger partial charge on any atom is 0.234 e. The van der Waals surface area contributed by atoms with E-state index in [0.717, 1.165) is 19.5 Å². The van der Waals surface area contributed by atoms with E-state index < -0.39 is 0 Å². The molecule has 0 spiro atoms. The molecule has 5 heteroatoms. The second-order valence-electron chi connectivity index (χ2n) is 5.07. The van der Waals surface area contributed by atoms with Crippen LogP contribution in [0, 0.1) is 0 Å². The summed E-state index contributed by atoms with van der Waals surface area (Å²) in [7, 11) is 6.07. The van der Waals surface area contributed by atoms with Crippen molar-refractivity contribution in [3.63, 3.8) is 0 Å². The standard InChI is InChI=1S/C12H26N4O/c1-14-11(12(13)17)6-8-15(2)9-10-5-4-7-16(10)3/h10-11,14H,4-9H2,1-3H3,(H2,13,17). The van der Waals surface area contributed by atoms with Crippen LogP contribution in [0.4, 0.5) is 0 Å². The molecule has 1 amide bonds. The van der Waals surface area contributed by atoms with Crippen LogP contribution in [0.2, 0.25) is 0 Å². The van der Waals surface area contributed by atoms with Gasteiger partial charge in [0.2, 0.25) is 5.91 Å². The van der Waals surface area contributed by atoms with Crippen LogP contribution in [0.15, 0.2) is 0 Å². The quantitative estimate of drug-likeness (QED) is 0.630. The molecule has 100 valence electrons. The third-order valence-corrected chi connectivity index (χ3v) is 3.69. The first-order valence-corrected chi connectivity index (χ1v) is 6.40. The number of nitrogens with zero attached hydrogens (tertiary/aromatic N) is 2.